The lowest BCUT2D eigenvalue weighted by Gasteiger charge is -2.22. The summed E-state index contributed by atoms with van der Waals surface area (Å²) in [5, 5.41) is 5.51. The molecule has 3 aromatic rings. The van der Waals surface area contributed by atoms with Gasteiger partial charge in [0.05, 0.1) is 19.1 Å². The van der Waals surface area contributed by atoms with Crippen molar-refractivity contribution in [3.05, 3.63) is 72.2 Å². The minimum atomic E-state index is -0.387. The molecule has 1 saturated carbocycles. The summed E-state index contributed by atoms with van der Waals surface area (Å²) in [5.74, 6) is 1.22. The van der Waals surface area contributed by atoms with Crippen LogP contribution >= 0.6 is 0 Å². The molecule has 1 aromatic heterocycles. The molecule has 0 atom stereocenters. The predicted molar refractivity (Wildman–Crippen MR) is 126 cm³/mol. The summed E-state index contributed by atoms with van der Waals surface area (Å²) in [7, 11) is 1.51. The number of hydrogen-bond acceptors (Lipinski definition) is 5. The average Bonchev–Trinajstić information content (AvgIpc) is 3.39. The maximum absolute atomic E-state index is 12.5. The van der Waals surface area contributed by atoms with Gasteiger partial charge in [0.25, 0.3) is 11.8 Å². The second kappa shape index (κ2) is 10.7. The fourth-order valence-electron chi connectivity index (χ4n) is 4.09. The monoisotopic (exact) mass is 448 g/mol. The van der Waals surface area contributed by atoms with Crippen LogP contribution in [0.4, 0.5) is 11.4 Å². The van der Waals surface area contributed by atoms with E-state index in [9.17, 15) is 9.59 Å². The molecule has 0 spiro atoms. The van der Waals surface area contributed by atoms with Crippen LogP contribution in [0.5, 0.6) is 11.5 Å². The number of nitrogens with one attached hydrogen (secondary N) is 2. The standard InChI is InChI=1S/C26H28N2O5/c1-31-23-14-11-20(27-26(30)24-8-5-15-32-24)16-22(23)28-25(29)17-33-21-12-9-19(10-13-21)18-6-3-2-4-7-18/h5,8-16,18H,2-4,6-7,17H2,1H3,(H,27,30)(H,28,29). The fraction of sp³-hybridized carbons (Fsp3) is 0.308. The van der Waals surface area contributed by atoms with Gasteiger partial charge in [0, 0.05) is 5.69 Å². The maximum atomic E-state index is 12.5. The molecule has 2 N–H and O–H groups in total. The third kappa shape index (κ3) is 5.94. The van der Waals surface area contributed by atoms with Gasteiger partial charge in [0.2, 0.25) is 0 Å². The van der Waals surface area contributed by atoms with Gasteiger partial charge in [-0.15, -0.1) is 0 Å². The number of amides is 2. The van der Waals surface area contributed by atoms with Gasteiger partial charge in [-0.2, -0.15) is 0 Å². The summed E-state index contributed by atoms with van der Waals surface area (Å²) in [6.07, 6.45) is 7.83. The minimum Gasteiger partial charge on any atom is -0.495 e. The quantitative estimate of drug-likeness (QED) is 0.468. The Morgan fingerprint density at radius 3 is 2.48 bits per heavy atom. The second-order valence-corrected chi connectivity index (χ2v) is 8.09. The third-order valence-electron chi connectivity index (χ3n) is 5.80. The van der Waals surface area contributed by atoms with E-state index in [-0.39, 0.29) is 24.2 Å². The van der Waals surface area contributed by atoms with Crippen molar-refractivity contribution in [2.45, 2.75) is 38.0 Å². The lowest BCUT2D eigenvalue weighted by molar-refractivity contribution is -0.118. The molecule has 1 aliphatic carbocycles. The number of hydrogen-bond donors (Lipinski definition) is 2. The van der Waals surface area contributed by atoms with Crippen molar-refractivity contribution in [2.75, 3.05) is 24.4 Å². The molecule has 0 radical (unpaired) electrons. The Kier molecular flexibility index (Phi) is 7.29. The topological polar surface area (TPSA) is 89.8 Å². The number of carbonyl (C=O) groups excluding carboxylic acids is 2. The molecular formula is C26H28N2O5. The molecule has 7 nitrogen and oxygen atoms in total. The first-order valence-electron chi connectivity index (χ1n) is 11.2. The van der Waals surface area contributed by atoms with E-state index in [1.807, 2.05) is 12.1 Å². The van der Waals surface area contributed by atoms with Crippen LogP contribution in [0.1, 0.15) is 54.1 Å². The van der Waals surface area contributed by atoms with Gasteiger partial charge < -0.3 is 24.5 Å². The van der Waals surface area contributed by atoms with Crippen LogP contribution in [-0.2, 0) is 4.79 Å². The SMILES string of the molecule is COc1ccc(NC(=O)c2ccco2)cc1NC(=O)COc1ccc(C2CCCCC2)cc1. The minimum absolute atomic E-state index is 0.144. The second-order valence-electron chi connectivity index (χ2n) is 8.09. The van der Waals surface area contributed by atoms with Crippen LogP contribution in [0, 0.1) is 0 Å². The van der Waals surface area contributed by atoms with Crippen molar-refractivity contribution in [1.29, 1.82) is 0 Å². The molecule has 1 aliphatic rings. The van der Waals surface area contributed by atoms with Crippen LogP contribution < -0.4 is 20.1 Å². The van der Waals surface area contributed by atoms with Gasteiger partial charge >= 0.3 is 0 Å². The molecule has 4 rings (SSSR count). The molecule has 2 aromatic carbocycles. The average molecular weight is 449 g/mol. The Hall–Kier alpha value is -3.74. The van der Waals surface area contributed by atoms with Crippen molar-refractivity contribution in [2.24, 2.45) is 0 Å². The van der Waals surface area contributed by atoms with Gasteiger partial charge in [-0.25, -0.2) is 0 Å². The molecule has 0 bridgehead atoms. The van der Waals surface area contributed by atoms with Crippen LogP contribution in [0.15, 0.2) is 65.3 Å². The zero-order chi connectivity index (χ0) is 23.0. The molecule has 33 heavy (non-hydrogen) atoms. The van der Waals surface area contributed by atoms with E-state index in [2.05, 4.69) is 22.8 Å². The number of ether oxygens (including phenoxy) is 2. The normalized spacial score (nSPS) is 13.8. The first-order valence-corrected chi connectivity index (χ1v) is 11.2. The Morgan fingerprint density at radius 2 is 1.79 bits per heavy atom. The molecule has 0 aliphatic heterocycles. The fourth-order valence-corrected chi connectivity index (χ4v) is 4.09. The molecule has 0 saturated heterocycles. The Bertz CT molecular complexity index is 1070. The highest BCUT2D eigenvalue weighted by atomic mass is 16.5. The number of benzene rings is 2. The maximum Gasteiger partial charge on any atom is 0.291 e. The summed E-state index contributed by atoms with van der Waals surface area (Å²) in [4.78, 5) is 24.7. The van der Waals surface area contributed by atoms with Crippen LogP contribution in [0.2, 0.25) is 0 Å². The molecule has 2 amide bonds. The highest BCUT2D eigenvalue weighted by Crippen LogP contribution is 2.33. The molecule has 7 heteroatoms. The number of rotatable bonds is 8. The zero-order valence-corrected chi connectivity index (χ0v) is 18.6. The largest absolute Gasteiger partial charge is 0.495 e. The Balaban J connectivity index is 1.34. The Labute approximate surface area is 193 Å². The van der Waals surface area contributed by atoms with E-state index in [0.717, 1.165) is 0 Å². The lowest BCUT2D eigenvalue weighted by atomic mass is 9.84. The zero-order valence-electron chi connectivity index (χ0n) is 18.6. The molecule has 172 valence electrons. The first-order chi connectivity index (χ1) is 16.1. The smallest absolute Gasteiger partial charge is 0.291 e. The highest BCUT2D eigenvalue weighted by molar-refractivity contribution is 6.03. The number of furan rings is 1. The van der Waals surface area contributed by atoms with Crippen LogP contribution in [-0.4, -0.2) is 25.5 Å². The summed E-state index contributed by atoms with van der Waals surface area (Å²) in [6.45, 7) is -0.144. The first kappa shape index (κ1) is 22.5. The Morgan fingerprint density at radius 1 is 1.00 bits per heavy atom. The van der Waals surface area contributed by atoms with Crippen LogP contribution in [0.3, 0.4) is 0 Å². The van der Waals surface area contributed by atoms with Gasteiger partial charge in [0.15, 0.2) is 12.4 Å². The third-order valence-corrected chi connectivity index (χ3v) is 5.80. The van der Waals surface area contributed by atoms with Gasteiger partial charge in [-0.3, -0.25) is 9.59 Å². The summed E-state index contributed by atoms with van der Waals surface area (Å²) in [6, 6.07) is 16.2. The number of anilines is 2. The molecule has 1 heterocycles. The van der Waals surface area contributed by atoms with Crippen molar-refractivity contribution >= 4 is 23.2 Å². The van der Waals surface area contributed by atoms with E-state index in [0.29, 0.717) is 28.8 Å². The van der Waals surface area contributed by atoms with Gasteiger partial charge in [-0.1, -0.05) is 31.4 Å². The number of methoxy groups -OCH3 is 1. The van der Waals surface area contributed by atoms with Crippen molar-refractivity contribution in [3.8, 4) is 11.5 Å². The molecular weight excluding hydrogens is 420 g/mol. The van der Waals surface area contributed by atoms with Gasteiger partial charge in [-0.05, 0) is 66.8 Å². The lowest BCUT2D eigenvalue weighted by Crippen LogP contribution is -2.21. The molecule has 0 unspecified atom stereocenters. The van der Waals surface area contributed by atoms with E-state index in [1.54, 1.807) is 30.3 Å². The summed E-state index contributed by atoms with van der Waals surface area (Å²) < 4.78 is 16.1. The van der Waals surface area contributed by atoms with E-state index < -0.39 is 0 Å². The van der Waals surface area contributed by atoms with Crippen molar-refractivity contribution in [3.63, 3.8) is 0 Å². The van der Waals surface area contributed by atoms with E-state index in [4.69, 9.17) is 13.9 Å². The number of carbonyl (C=O) groups is 2. The van der Waals surface area contributed by atoms with Crippen LogP contribution in [0.25, 0.3) is 0 Å². The predicted octanol–water partition coefficient (Wildman–Crippen LogP) is 5.61. The van der Waals surface area contributed by atoms with Crippen molar-refractivity contribution in [1.82, 2.24) is 0 Å². The summed E-state index contributed by atoms with van der Waals surface area (Å²) in [5.41, 5.74) is 2.26. The summed E-state index contributed by atoms with van der Waals surface area (Å²) >= 11 is 0. The van der Waals surface area contributed by atoms with Gasteiger partial charge in [0.1, 0.15) is 11.5 Å². The van der Waals surface area contributed by atoms with Crippen molar-refractivity contribution < 1.29 is 23.5 Å². The van der Waals surface area contributed by atoms with E-state index in [1.165, 1.54) is 51.0 Å². The highest BCUT2D eigenvalue weighted by Gasteiger charge is 2.16. The molecule has 1 fully saturated rings. The van der Waals surface area contributed by atoms with E-state index >= 15 is 0 Å².